The summed E-state index contributed by atoms with van der Waals surface area (Å²) < 4.78 is 0. The Kier molecular flexibility index (Phi) is 2.69. The van der Waals surface area contributed by atoms with E-state index in [2.05, 4.69) is 24.1 Å². The monoisotopic (exact) mass is 217 g/mol. The van der Waals surface area contributed by atoms with Crippen LogP contribution in [0.4, 0.5) is 5.69 Å². The van der Waals surface area contributed by atoms with E-state index in [-0.39, 0.29) is 0 Å². The number of aliphatic carboxylic acids is 1. The van der Waals surface area contributed by atoms with E-state index < -0.39 is 5.97 Å². The molecule has 16 heavy (non-hydrogen) atoms. The molecule has 0 aromatic heterocycles. The molecule has 0 atom stereocenters. The van der Waals surface area contributed by atoms with Crippen molar-refractivity contribution in [1.82, 2.24) is 0 Å². The fourth-order valence-electron chi connectivity index (χ4n) is 1.99. The highest BCUT2D eigenvalue weighted by Crippen LogP contribution is 2.27. The van der Waals surface area contributed by atoms with Gasteiger partial charge in [-0.2, -0.15) is 0 Å². The summed E-state index contributed by atoms with van der Waals surface area (Å²) in [6.07, 6.45) is 2.75. The molecule has 1 aromatic rings. The van der Waals surface area contributed by atoms with Crippen molar-refractivity contribution in [2.75, 3.05) is 18.5 Å². The van der Waals surface area contributed by atoms with Gasteiger partial charge in [0.25, 0.3) is 0 Å². The number of likely N-dealkylation sites (N-methyl/N-ethyl adjacent to an activating group) is 1. The van der Waals surface area contributed by atoms with Gasteiger partial charge in [0, 0.05) is 24.9 Å². The standard InChI is InChI=1S/C13H15NO2/c1-9(13(15)16)7-10-3-4-12-11(8-10)5-6-14(12)2/h3-4,7-8H,5-6H2,1-2H3,(H,15,16). The fraction of sp³-hybridized carbons (Fsp3) is 0.308. The molecule has 0 saturated carbocycles. The summed E-state index contributed by atoms with van der Waals surface area (Å²) in [5, 5.41) is 8.80. The summed E-state index contributed by atoms with van der Waals surface area (Å²) in [6, 6.07) is 6.10. The molecule has 84 valence electrons. The first-order valence-corrected chi connectivity index (χ1v) is 5.33. The lowest BCUT2D eigenvalue weighted by molar-refractivity contribution is -0.132. The third kappa shape index (κ3) is 1.94. The highest BCUT2D eigenvalue weighted by atomic mass is 16.4. The second-order valence-electron chi connectivity index (χ2n) is 4.19. The largest absolute Gasteiger partial charge is 0.478 e. The van der Waals surface area contributed by atoms with Gasteiger partial charge in [-0.05, 0) is 42.7 Å². The zero-order valence-corrected chi connectivity index (χ0v) is 9.53. The summed E-state index contributed by atoms with van der Waals surface area (Å²) in [5.41, 5.74) is 3.89. The van der Waals surface area contributed by atoms with Gasteiger partial charge in [0.15, 0.2) is 0 Å². The maximum absolute atomic E-state index is 10.7. The summed E-state index contributed by atoms with van der Waals surface area (Å²) in [4.78, 5) is 12.9. The van der Waals surface area contributed by atoms with Gasteiger partial charge in [-0.25, -0.2) is 4.79 Å². The normalized spacial score (nSPS) is 15.1. The lowest BCUT2D eigenvalue weighted by atomic mass is 10.1. The second-order valence-corrected chi connectivity index (χ2v) is 4.19. The molecule has 3 heteroatoms. The third-order valence-corrected chi connectivity index (χ3v) is 2.95. The fourth-order valence-corrected chi connectivity index (χ4v) is 1.99. The number of hydrogen-bond acceptors (Lipinski definition) is 2. The van der Waals surface area contributed by atoms with E-state index >= 15 is 0 Å². The maximum Gasteiger partial charge on any atom is 0.331 e. The molecule has 0 aliphatic carbocycles. The number of carbonyl (C=O) groups is 1. The van der Waals surface area contributed by atoms with Crippen molar-refractivity contribution in [2.45, 2.75) is 13.3 Å². The molecule has 2 rings (SSSR count). The van der Waals surface area contributed by atoms with Gasteiger partial charge in [-0.3, -0.25) is 0 Å². The van der Waals surface area contributed by atoms with Gasteiger partial charge in [0.1, 0.15) is 0 Å². The van der Waals surface area contributed by atoms with Crippen molar-refractivity contribution in [3.63, 3.8) is 0 Å². The molecule has 0 amide bonds. The Hall–Kier alpha value is -1.77. The number of fused-ring (bicyclic) bond motifs is 1. The van der Waals surface area contributed by atoms with Gasteiger partial charge in [-0.15, -0.1) is 0 Å². The first-order valence-electron chi connectivity index (χ1n) is 5.33. The minimum absolute atomic E-state index is 0.367. The van der Waals surface area contributed by atoms with Gasteiger partial charge in [0.05, 0.1) is 0 Å². The van der Waals surface area contributed by atoms with Crippen LogP contribution in [0.2, 0.25) is 0 Å². The van der Waals surface area contributed by atoms with E-state index in [4.69, 9.17) is 5.11 Å². The number of benzene rings is 1. The Balaban J connectivity index is 2.33. The van der Waals surface area contributed by atoms with Crippen LogP contribution in [-0.4, -0.2) is 24.7 Å². The maximum atomic E-state index is 10.7. The lowest BCUT2D eigenvalue weighted by Gasteiger charge is -2.11. The smallest absolute Gasteiger partial charge is 0.331 e. The number of rotatable bonds is 2. The average Bonchev–Trinajstić information content (AvgIpc) is 2.60. The van der Waals surface area contributed by atoms with Crippen LogP contribution in [0, 0.1) is 0 Å². The molecule has 1 N–H and O–H groups in total. The highest BCUT2D eigenvalue weighted by molar-refractivity contribution is 5.91. The Morgan fingerprint density at radius 2 is 2.25 bits per heavy atom. The third-order valence-electron chi connectivity index (χ3n) is 2.95. The Bertz CT molecular complexity index is 463. The molecule has 0 saturated heterocycles. The van der Waals surface area contributed by atoms with Crippen LogP contribution in [0.3, 0.4) is 0 Å². The predicted molar refractivity (Wildman–Crippen MR) is 64.7 cm³/mol. The molecule has 0 unspecified atom stereocenters. The van der Waals surface area contributed by atoms with Crippen LogP contribution in [0.25, 0.3) is 6.08 Å². The number of nitrogens with zero attached hydrogens (tertiary/aromatic N) is 1. The number of hydrogen-bond donors (Lipinski definition) is 1. The molecule has 1 aromatic carbocycles. The van der Waals surface area contributed by atoms with Crippen LogP contribution in [-0.2, 0) is 11.2 Å². The molecule has 0 spiro atoms. The molecule has 1 aliphatic heterocycles. The Morgan fingerprint density at radius 1 is 1.50 bits per heavy atom. The molecule has 1 heterocycles. The van der Waals surface area contributed by atoms with Gasteiger partial charge >= 0.3 is 5.97 Å². The number of carboxylic acids is 1. The van der Waals surface area contributed by atoms with Crippen LogP contribution >= 0.6 is 0 Å². The first-order chi connectivity index (χ1) is 7.58. The number of anilines is 1. The zero-order chi connectivity index (χ0) is 11.7. The minimum atomic E-state index is -0.863. The summed E-state index contributed by atoms with van der Waals surface area (Å²) in [7, 11) is 2.07. The van der Waals surface area contributed by atoms with Crippen LogP contribution in [0.5, 0.6) is 0 Å². The van der Waals surface area contributed by atoms with E-state index in [0.29, 0.717) is 5.57 Å². The summed E-state index contributed by atoms with van der Waals surface area (Å²) in [5.74, 6) is -0.863. The molecular weight excluding hydrogens is 202 g/mol. The van der Waals surface area contributed by atoms with Crippen LogP contribution in [0.15, 0.2) is 23.8 Å². The van der Waals surface area contributed by atoms with Gasteiger partial charge < -0.3 is 10.0 Å². The lowest BCUT2D eigenvalue weighted by Crippen LogP contribution is -2.12. The Labute approximate surface area is 95.0 Å². The molecule has 0 bridgehead atoms. The summed E-state index contributed by atoms with van der Waals surface area (Å²) in [6.45, 7) is 2.65. The van der Waals surface area contributed by atoms with Crippen molar-refractivity contribution in [3.05, 3.63) is 34.9 Å². The van der Waals surface area contributed by atoms with Crippen LogP contribution < -0.4 is 4.90 Å². The molecule has 0 fully saturated rings. The van der Waals surface area contributed by atoms with Gasteiger partial charge in [-0.1, -0.05) is 6.07 Å². The van der Waals surface area contributed by atoms with E-state index in [0.717, 1.165) is 18.5 Å². The zero-order valence-electron chi connectivity index (χ0n) is 9.53. The second kappa shape index (κ2) is 4.00. The van der Waals surface area contributed by atoms with E-state index in [9.17, 15) is 4.79 Å². The molecular formula is C13H15NO2. The SMILES string of the molecule is CC(=Cc1ccc2c(c1)CCN2C)C(=O)O. The van der Waals surface area contributed by atoms with Crippen molar-refractivity contribution >= 4 is 17.7 Å². The number of carboxylic acid groups (broad SMARTS) is 1. The minimum Gasteiger partial charge on any atom is -0.478 e. The average molecular weight is 217 g/mol. The van der Waals surface area contributed by atoms with Crippen molar-refractivity contribution in [2.24, 2.45) is 0 Å². The van der Waals surface area contributed by atoms with Crippen molar-refractivity contribution in [1.29, 1.82) is 0 Å². The van der Waals surface area contributed by atoms with E-state index in [1.54, 1.807) is 13.0 Å². The van der Waals surface area contributed by atoms with E-state index in [1.165, 1.54) is 11.3 Å². The Morgan fingerprint density at radius 3 is 2.94 bits per heavy atom. The quantitative estimate of drug-likeness (QED) is 0.772. The molecule has 0 radical (unpaired) electrons. The van der Waals surface area contributed by atoms with Crippen molar-refractivity contribution < 1.29 is 9.90 Å². The topological polar surface area (TPSA) is 40.5 Å². The molecule has 1 aliphatic rings. The van der Waals surface area contributed by atoms with Crippen molar-refractivity contribution in [3.8, 4) is 0 Å². The van der Waals surface area contributed by atoms with Gasteiger partial charge in [0.2, 0.25) is 0 Å². The predicted octanol–water partition coefficient (Wildman–Crippen LogP) is 2.17. The first kappa shape index (κ1) is 10.7. The van der Waals surface area contributed by atoms with Crippen LogP contribution in [0.1, 0.15) is 18.1 Å². The summed E-state index contributed by atoms with van der Waals surface area (Å²) >= 11 is 0. The highest BCUT2D eigenvalue weighted by Gasteiger charge is 2.15. The van der Waals surface area contributed by atoms with E-state index in [1.807, 2.05) is 6.07 Å². The molecule has 3 nitrogen and oxygen atoms in total.